The highest BCUT2D eigenvalue weighted by atomic mass is 32.2. The number of aromatic nitrogens is 1. The molecule has 1 heterocycles. The third kappa shape index (κ3) is 5.42. The Morgan fingerprint density at radius 2 is 1.73 bits per heavy atom. The summed E-state index contributed by atoms with van der Waals surface area (Å²) < 4.78 is 2.33. The summed E-state index contributed by atoms with van der Waals surface area (Å²) in [6.45, 7) is 17.1. The quantitative estimate of drug-likeness (QED) is 0.577. The largest absolute Gasteiger partial charge is 0.340 e. The first-order valence-corrected chi connectivity index (χ1v) is 9.30. The van der Waals surface area contributed by atoms with Crippen LogP contribution in [0.4, 0.5) is 0 Å². The minimum atomic E-state index is 0.912. The van der Waals surface area contributed by atoms with Crippen LogP contribution in [0.25, 0.3) is 6.08 Å². The van der Waals surface area contributed by atoms with Crippen LogP contribution in [0.5, 0.6) is 0 Å². The lowest BCUT2D eigenvalue weighted by atomic mass is 10.1. The zero-order valence-corrected chi connectivity index (χ0v) is 16.1. The molecule has 0 unspecified atom stereocenters. The molecule has 0 aliphatic heterocycles. The van der Waals surface area contributed by atoms with Gasteiger partial charge in [0, 0.05) is 17.1 Å². The average Bonchev–Trinajstić information content (AvgIpc) is 2.86. The van der Waals surface area contributed by atoms with Gasteiger partial charge in [-0.05, 0) is 37.8 Å². The number of hydrogen-bond donors (Lipinski definition) is 0. The van der Waals surface area contributed by atoms with Gasteiger partial charge in [-0.25, -0.2) is 0 Å². The summed E-state index contributed by atoms with van der Waals surface area (Å²) in [6, 6.07) is 10.9. The highest BCUT2D eigenvalue weighted by Gasteiger charge is 2.09. The molecule has 2 rings (SSSR count). The van der Waals surface area contributed by atoms with Crippen molar-refractivity contribution < 1.29 is 0 Å². The van der Waals surface area contributed by atoms with Crippen molar-refractivity contribution in [2.45, 2.75) is 53.0 Å². The fourth-order valence-electron chi connectivity index (χ4n) is 2.24. The number of aryl methyl sites for hydroxylation is 2. The number of rotatable bonds is 4. The average molecular weight is 318 g/mol. The molecule has 2 aromatic rings. The van der Waals surface area contributed by atoms with Crippen LogP contribution in [0.3, 0.4) is 0 Å². The van der Waals surface area contributed by atoms with Crippen LogP contribution in [0, 0.1) is 13.8 Å². The van der Waals surface area contributed by atoms with Gasteiger partial charge in [-0.15, -0.1) is 11.8 Å². The standard InChI is InChI=1S/C16H19NS.2C2H6/c1-5-15-16(18-4)10-13(3)17(15)11-14-8-6-7-12(2)9-14;2*1-2/h5-10H,1,11H2,2-4H3;2*1-2H3. The maximum absolute atomic E-state index is 3.94. The second-order valence-electron chi connectivity index (χ2n) is 4.52. The van der Waals surface area contributed by atoms with Crippen molar-refractivity contribution >= 4 is 17.8 Å². The Bertz CT molecular complexity index is 567. The van der Waals surface area contributed by atoms with Gasteiger partial charge in [-0.1, -0.05) is 64.1 Å². The van der Waals surface area contributed by atoms with Gasteiger partial charge in [0.25, 0.3) is 0 Å². The van der Waals surface area contributed by atoms with Crippen molar-refractivity contribution in [3.05, 3.63) is 59.4 Å². The first kappa shape index (κ1) is 20.6. The van der Waals surface area contributed by atoms with Gasteiger partial charge in [0.15, 0.2) is 0 Å². The molecule has 0 bridgehead atoms. The fraction of sp³-hybridized carbons (Fsp3) is 0.400. The topological polar surface area (TPSA) is 4.93 Å². The number of nitrogens with zero attached hydrogens (tertiary/aromatic N) is 1. The second-order valence-corrected chi connectivity index (χ2v) is 5.37. The lowest BCUT2D eigenvalue weighted by molar-refractivity contribution is 0.764. The van der Waals surface area contributed by atoms with E-state index in [0.29, 0.717) is 0 Å². The third-order valence-electron chi connectivity index (χ3n) is 3.15. The van der Waals surface area contributed by atoms with Gasteiger partial charge in [-0.2, -0.15) is 0 Å². The predicted octanol–water partition coefficient (Wildman–Crippen LogP) is 6.57. The predicted molar refractivity (Wildman–Crippen MR) is 104 cm³/mol. The molecule has 22 heavy (non-hydrogen) atoms. The minimum absolute atomic E-state index is 0.912. The van der Waals surface area contributed by atoms with E-state index in [4.69, 9.17) is 0 Å². The Labute approximate surface area is 141 Å². The number of hydrogen-bond acceptors (Lipinski definition) is 1. The molecule has 0 fully saturated rings. The van der Waals surface area contributed by atoms with Crippen LogP contribution >= 0.6 is 11.8 Å². The van der Waals surface area contributed by atoms with E-state index in [1.165, 1.54) is 27.4 Å². The highest BCUT2D eigenvalue weighted by Crippen LogP contribution is 2.26. The Morgan fingerprint density at radius 1 is 1.09 bits per heavy atom. The summed E-state index contributed by atoms with van der Waals surface area (Å²) in [5.41, 5.74) is 5.16. The molecule has 2 heteroatoms. The molecule has 122 valence electrons. The molecule has 0 saturated heterocycles. The van der Waals surface area contributed by atoms with Gasteiger partial charge in [0.2, 0.25) is 0 Å². The summed E-state index contributed by atoms with van der Waals surface area (Å²) in [7, 11) is 0. The molecule has 1 nitrogen and oxygen atoms in total. The Balaban J connectivity index is 0.00000102. The third-order valence-corrected chi connectivity index (χ3v) is 3.91. The first-order chi connectivity index (χ1) is 10.7. The van der Waals surface area contributed by atoms with Gasteiger partial charge in [0.1, 0.15) is 0 Å². The fourth-order valence-corrected chi connectivity index (χ4v) is 2.93. The van der Waals surface area contributed by atoms with Crippen molar-refractivity contribution in [1.29, 1.82) is 0 Å². The van der Waals surface area contributed by atoms with E-state index >= 15 is 0 Å². The van der Waals surface area contributed by atoms with Crippen LogP contribution in [0.2, 0.25) is 0 Å². The summed E-state index contributed by atoms with van der Waals surface area (Å²) in [4.78, 5) is 1.30. The molecule has 0 spiro atoms. The zero-order chi connectivity index (χ0) is 17.1. The van der Waals surface area contributed by atoms with E-state index in [-0.39, 0.29) is 0 Å². The molecule has 0 atom stereocenters. The van der Waals surface area contributed by atoms with Gasteiger partial charge in [0.05, 0.1) is 5.69 Å². The summed E-state index contributed by atoms with van der Waals surface area (Å²) in [5, 5.41) is 0. The highest BCUT2D eigenvalue weighted by molar-refractivity contribution is 7.98. The van der Waals surface area contributed by atoms with Crippen molar-refractivity contribution in [3.63, 3.8) is 0 Å². The van der Waals surface area contributed by atoms with Crippen molar-refractivity contribution in [2.24, 2.45) is 0 Å². The van der Waals surface area contributed by atoms with Gasteiger partial charge < -0.3 is 4.57 Å². The Kier molecular flexibility index (Phi) is 10.5. The van der Waals surface area contributed by atoms with Crippen molar-refractivity contribution in [2.75, 3.05) is 6.26 Å². The van der Waals surface area contributed by atoms with Crippen LogP contribution in [0.15, 0.2) is 41.8 Å². The maximum Gasteiger partial charge on any atom is 0.0544 e. The Morgan fingerprint density at radius 3 is 2.23 bits per heavy atom. The Hall–Kier alpha value is -1.41. The van der Waals surface area contributed by atoms with E-state index in [1.807, 2.05) is 33.8 Å². The van der Waals surface area contributed by atoms with E-state index in [2.05, 4.69) is 61.6 Å². The molecule has 0 aliphatic carbocycles. The van der Waals surface area contributed by atoms with Gasteiger partial charge >= 0.3 is 0 Å². The lowest BCUT2D eigenvalue weighted by Crippen LogP contribution is -2.04. The normalized spacial score (nSPS) is 9.23. The molecule has 0 aliphatic rings. The molecular weight excluding hydrogens is 286 g/mol. The zero-order valence-electron chi connectivity index (χ0n) is 15.2. The molecule has 1 aromatic carbocycles. The molecule has 0 amide bonds. The van der Waals surface area contributed by atoms with E-state index < -0.39 is 0 Å². The van der Waals surface area contributed by atoms with Crippen LogP contribution in [0.1, 0.15) is 50.2 Å². The molecule has 0 saturated carbocycles. The molecule has 0 radical (unpaired) electrons. The van der Waals surface area contributed by atoms with Crippen molar-refractivity contribution in [3.8, 4) is 0 Å². The van der Waals surface area contributed by atoms with E-state index in [0.717, 1.165) is 6.54 Å². The van der Waals surface area contributed by atoms with Gasteiger partial charge in [-0.3, -0.25) is 0 Å². The summed E-state index contributed by atoms with van der Waals surface area (Å²) in [6.07, 6.45) is 4.06. The smallest absolute Gasteiger partial charge is 0.0544 e. The molecule has 0 N–H and O–H groups in total. The number of thioether (sulfide) groups is 1. The summed E-state index contributed by atoms with van der Waals surface area (Å²) in [5.74, 6) is 0. The van der Waals surface area contributed by atoms with E-state index in [9.17, 15) is 0 Å². The maximum atomic E-state index is 3.94. The minimum Gasteiger partial charge on any atom is -0.340 e. The van der Waals surface area contributed by atoms with Crippen LogP contribution < -0.4 is 0 Å². The molecule has 1 aromatic heterocycles. The SMILES string of the molecule is C=Cc1c(SC)cc(C)n1Cc1cccc(C)c1.CC.CC. The van der Waals surface area contributed by atoms with Crippen LogP contribution in [-0.4, -0.2) is 10.8 Å². The first-order valence-electron chi connectivity index (χ1n) is 8.08. The number of benzene rings is 1. The van der Waals surface area contributed by atoms with Crippen molar-refractivity contribution in [1.82, 2.24) is 4.57 Å². The van der Waals surface area contributed by atoms with Crippen LogP contribution in [-0.2, 0) is 6.54 Å². The molecular formula is C20H31NS. The van der Waals surface area contributed by atoms with E-state index in [1.54, 1.807) is 11.8 Å². The lowest BCUT2D eigenvalue weighted by Gasteiger charge is -2.10. The summed E-state index contributed by atoms with van der Waals surface area (Å²) >= 11 is 1.78. The second kappa shape index (κ2) is 11.2. The monoisotopic (exact) mass is 317 g/mol.